The molecule has 6 heteroatoms. The van der Waals surface area contributed by atoms with Gasteiger partial charge in [0.25, 0.3) is 0 Å². The highest BCUT2D eigenvalue weighted by atomic mass is 35.5. The third-order valence-electron chi connectivity index (χ3n) is 2.82. The number of hydrogen-bond donors (Lipinski definition) is 1. The first-order valence-electron chi connectivity index (χ1n) is 5.77. The number of ether oxygens (including phenoxy) is 1. The maximum absolute atomic E-state index is 11.6. The number of hydrogen-bond acceptors (Lipinski definition) is 4. The summed E-state index contributed by atoms with van der Waals surface area (Å²) in [6.07, 6.45) is 1.36. The Hall–Kier alpha value is -0.810. The topological polar surface area (TPSA) is 72.6 Å². The van der Waals surface area contributed by atoms with Crippen LogP contribution in [0.2, 0.25) is 0 Å². The Morgan fingerprint density at radius 1 is 1.41 bits per heavy atom. The lowest BCUT2D eigenvalue weighted by atomic mass is 9.96. The highest BCUT2D eigenvalue weighted by molar-refractivity contribution is 5.85. The maximum Gasteiger partial charge on any atom is 0.309 e. The lowest BCUT2D eigenvalue weighted by Crippen LogP contribution is -2.46. The van der Waals surface area contributed by atoms with Gasteiger partial charge in [0.2, 0.25) is 5.91 Å². The zero-order valence-electron chi connectivity index (χ0n) is 10.3. The molecule has 0 radical (unpaired) electrons. The molecule has 1 heterocycles. The van der Waals surface area contributed by atoms with E-state index in [1.165, 1.54) is 0 Å². The molecule has 0 saturated carbocycles. The molecular weight excluding hydrogens is 244 g/mol. The summed E-state index contributed by atoms with van der Waals surface area (Å²) in [5.41, 5.74) is 5.53. The zero-order valence-corrected chi connectivity index (χ0v) is 11.2. The number of nitrogens with two attached hydrogens (primary N) is 1. The second-order valence-corrected chi connectivity index (χ2v) is 4.14. The van der Waals surface area contributed by atoms with Crippen LogP contribution in [0.15, 0.2) is 0 Å². The third-order valence-corrected chi connectivity index (χ3v) is 2.82. The SMILES string of the molecule is CCOC(=O)C1CCN(C(=O)[C@@H](C)N)CC1.Cl. The van der Waals surface area contributed by atoms with Gasteiger partial charge in [-0.3, -0.25) is 9.59 Å². The molecule has 1 saturated heterocycles. The predicted molar refractivity (Wildman–Crippen MR) is 66.8 cm³/mol. The standard InChI is InChI=1S/C11H20N2O3.ClH/c1-3-16-11(15)9-4-6-13(7-5-9)10(14)8(2)12;/h8-9H,3-7,12H2,1-2H3;1H/t8-;/m1./s1. The average molecular weight is 265 g/mol. The van der Waals surface area contributed by atoms with Crippen molar-refractivity contribution in [3.05, 3.63) is 0 Å². The first kappa shape index (κ1) is 16.2. The van der Waals surface area contributed by atoms with E-state index in [2.05, 4.69) is 0 Å². The third kappa shape index (κ3) is 4.52. The van der Waals surface area contributed by atoms with Crippen molar-refractivity contribution in [1.82, 2.24) is 4.90 Å². The van der Waals surface area contributed by atoms with Crippen LogP contribution in [0.3, 0.4) is 0 Å². The van der Waals surface area contributed by atoms with Crippen molar-refractivity contribution in [2.75, 3.05) is 19.7 Å². The Bertz CT molecular complexity index is 263. The Balaban J connectivity index is 0.00000256. The van der Waals surface area contributed by atoms with E-state index in [1.807, 2.05) is 0 Å². The molecule has 0 aromatic heterocycles. The Morgan fingerprint density at radius 3 is 2.35 bits per heavy atom. The summed E-state index contributed by atoms with van der Waals surface area (Å²) in [5.74, 6) is -0.241. The fraction of sp³-hybridized carbons (Fsp3) is 0.818. The second kappa shape index (κ2) is 7.50. The van der Waals surface area contributed by atoms with E-state index in [-0.39, 0.29) is 30.2 Å². The highest BCUT2D eigenvalue weighted by Crippen LogP contribution is 2.18. The van der Waals surface area contributed by atoms with Crippen molar-refractivity contribution >= 4 is 24.3 Å². The first-order chi connectivity index (χ1) is 7.56. The minimum Gasteiger partial charge on any atom is -0.466 e. The normalized spacial score (nSPS) is 18.2. The largest absolute Gasteiger partial charge is 0.466 e. The molecule has 100 valence electrons. The monoisotopic (exact) mass is 264 g/mol. The maximum atomic E-state index is 11.6. The van der Waals surface area contributed by atoms with Gasteiger partial charge in [-0.05, 0) is 26.7 Å². The molecule has 17 heavy (non-hydrogen) atoms. The molecule has 0 aromatic rings. The van der Waals surface area contributed by atoms with Gasteiger partial charge in [-0.15, -0.1) is 12.4 Å². The van der Waals surface area contributed by atoms with Crippen molar-refractivity contribution in [3.8, 4) is 0 Å². The molecule has 0 aromatic carbocycles. The molecule has 1 rings (SSSR count). The van der Waals surface area contributed by atoms with Crippen molar-refractivity contribution in [2.45, 2.75) is 32.7 Å². The summed E-state index contributed by atoms with van der Waals surface area (Å²) in [5, 5.41) is 0. The number of rotatable bonds is 3. The second-order valence-electron chi connectivity index (χ2n) is 4.14. The van der Waals surface area contributed by atoms with Gasteiger partial charge in [0.1, 0.15) is 0 Å². The van der Waals surface area contributed by atoms with Gasteiger partial charge in [0, 0.05) is 13.1 Å². The molecule has 1 atom stereocenters. The van der Waals surface area contributed by atoms with E-state index < -0.39 is 6.04 Å². The zero-order chi connectivity index (χ0) is 12.1. The van der Waals surface area contributed by atoms with E-state index in [9.17, 15) is 9.59 Å². The number of amides is 1. The number of piperidine rings is 1. The summed E-state index contributed by atoms with van der Waals surface area (Å²) in [7, 11) is 0. The fourth-order valence-corrected chi connectivity index (χ4v) is 1.88. The quantitative estimate of drug-likeness (QED) is 0.756. The van der Waals surface area contributed by atoms with Gasteiger partial charge in [-0.25, -0.2) is 0 Å². The van der Waals surface area contributed by atoms with Crippen LogP contribution < -0.4 is 5.73 Å². The van der Waals surface area contributed by atoms with Crippen LogP contribution in [0.25, 0.3) is 0 Å². The van der Waals surface area contributed by atoms with Crippen molar-refractivity contribution < 1.29 is 14.3 Å². The molecule has 2 N–H and O–H groups in total. The van der Waals surface area contributed by atoms with Crippen molar-refractivity contribution in [2.24, 2.45) is 11.7 Å². The minimum atomic E-state index is -0.459. The Labute approximate surface area is 108 Å². The van der Waals surface area contributed by atoms with Crippen LogP contribution in [-0.2, 0) is 14.3 Å². The van der Waals surface area contributed by atoms with Crippen LogP contribution in [0.1, 0.15) is 26.7 Å². The van der Waals surface area contributed by atoms with Gasteiger partial charge in [0.15, 0.2) is 0 Å². The van der Waals surface area contributed by atoms with Gasteiger partial charge < -0.3 is 15.4 Å². The highest BCUT2D eigenvalue weighted by Gasteiger charge is 2.28. The molecule has 1 fully saturated rings. The molecule has 1 aliphatic rings. The summed E-state index contributed by atoms with van der Waals surface area (Å²) in [4.78, 5) is 24.8. The summed E-state index contributed by atoms with van der Waals surface area (Å²) < 4.78 is 4.96. The van der Waals surface area contributed by atoms with E-state index in [0.29, 0.717) is 32.5 Å². The number of halogens is 1. The lowest BCUT2D eigenvalue weighted by molar-refractivity contribution is -0.151. The van der Waals surface area contributed by atoms with Crippen molar-refractivity contribution in [1.29, 1.82) is 0 Å². The van der Waals surface area contributed by atoms with Gasteiger partial charge in [-0.1, -0.05) is 0 Å². The van der Waals surface area contributed by atoms with Gasteiger partial charge >= 0.3 is 5.97 Å². The number of carbonyl (C=O) groups is 2. The Morgan fingerprint density at radius 2 is 1.94 bits per heavy atom. The van der Waals surface area contributed by atoms with Crippen LogP contribution in [0, 0.1) is 5.92 Å². The van der Waals surface area contributed by atoms with Crippen molar-refractivity contribution in [3.63, 3.8) is 0 Å². The van der Waals surface area contributed by atoms with Crippen LogP contribution in [0.5, 0.6) is 0 Å². The predicted octanol–water partition coefficient (Wildman–Crippen LogP) is 0.557. The average Bonchev–Trinajstić information content (AvgIpc) is 2.28. The number of nitrogens with zero attached hydrogens (tertiary/aromatic N) is 1. The number of esters is 1. The lowest BCUT2D eigenvalue weighted by Gasteiger charge is -2.31. The minimum absolute atomic E-state index is 0. The molecular formula is C11H21ClN2O3. The Kier molecular flexibility index (Phi) is 7.15. The molecule has 0 spiro atoms. The molecule has 0 bridgehead atoms. The van der Waals surface area contributed by atoms with Crippen LogP contribution in [0.4, 0.5) is 0 Å². The molecule has 1 aliphatic heterocycles. The molecule has 0 unspecified atom stereocenters. The summed E-state index contributed by atoms with van der Waals surface area (Å²) in [6.45, 7) is 5.10. The number of likely N-dealkylation sites (tertiary alicyclic amines) is 1. The van der Waals surface area contributed by atoms with E-state index in [4.69, 9.17) is 10.5 Å². The van der Waals surface area contributed by atoms with Gasteiger partial charge in [0.05, 0.1) is 18.6 Å². The summed E-state index contributed by atoms with van der Waals surface area (Å²) >= 11 is 0. The van der Waals surface area contributed by atoms with E-state index in [1.54, 1.807) is 18.7 Å². The molecule has 5 nitrogen and oxygen atoms in total. The summed E-state index contributed by atoms with van der Waals surface area (Å²) in [6, 6.07) is -0.459. The smallest absolute Gasteiger partial charge is 0.309 e. The van der Waals surface area contributed by atoms with Crippen LogP contribution >= 0.6 is 12.4 Å². The van der Waals surface area contributed by atoms with E-state index in [0.717, 1.165) is 0 Å². The van der Waals surface area contributed by atoms with E-state index >= 15 is 0 Å². The fourth-order valence-electron chi connectivity index (χ4n) is 1.88. The van der Waals surface area contributed by atoms with Crippen LogP contribution in [-0.4, -0.2) is 42.5 Å². The number of carbonyl (C=O) groups excluding carboxylic acids is 2. The molecule has 1 amide bonds. The first-order valence-corrected chi connectivity index (χ1v) is 5.77. The molecule has 0 aliphatic carbocycles. The van der Waals surface area contributed by atoms with Gasteiger partial charge in [-0.2, -0.15) is 0 Å².